The van der Waals surface area contributed by atoms with Gasteiger partial charge in [-0.05, 0) is 57.6 Å². The summed E-state index contributed by atoms with van der Waals surface area (Å²) in [5.41, 5.74) is 2.49. The predicted molar refractivity (Wildman–Crippen MR) is 133 cm³/mol. The van der Waals surface area contributed by atoms with Crippen molar-refractivity contribution in [3.8, 4) is 0 Å². The number of hydrogen-bond donors (Lipinski definition) is 1. The molecule has 196 valence electrons. The minimum atomic E-state index is -0.754. The van der Waals surface area contributed by atoms with E-state index in [0.29, 0.717) is 5.56 Å². The molecule has 1 amide bonds. The van der Waals surface area contributed by atoms with Crippen molar-refractivity contribution < 1.29 is 28.7 Å². The molecule has 0 bridgehead atoms. The first-order valence-electron chi connectivity index (χ1n) is 12.5. The summed E-state index contributed by atoms with van der Waals surface area (Å²) in [5, 5.41) is 0. The Bertz CT molecular complexity index is 830. The minimum absolute atomic E-state index is 0.0509. The maximum absolute atomic E-state index is 13.7. The van der Waals surface area contributed by atoms with Gasteiger partial charge in [-0.3, -0.25) is 9.59 Å². The van der Waals surface area contributed by atoms with Gasteiger partial charge >= 0.3 is 11.9 Å². The quantitative estimate of drug-likeness (QED) is 0.368. The van der Waals surface area contributed by atoms with Crippen LogP contribution in [0, 0.1) is 11.8 Å². The minimum Gasteiger partial charge on any atom is -0.460 e. The molecule has 1 aliphatic carbocycles. The van der Waals surface area contributed by atoms with E-state index in [1.165, 1.54) is 0 Å². The first-order valence-corrected chi connectivity index (χ1v) is 12.5. The number of nitrogens with one attached hydrogen (secondary N) is 1. The third-order valence-corrected chi connectivity index (χ3v) is 6.37. The van der Waals surface area contributed by atoms with E-state index in [-0.39, 0.29) is 36.2 Å². The summed E-state index contributed by atoms with van der Waals surface area (Å²) in [6.07, 6.45) is 3.61. The van der Waals surface area contributed by atoms with Crippen LogP contribution < -0.4 is 5.48 Å². The fourth-order valence-corrected chi connectivity index (χ4v) is 4.65. The van der Waals surface area contributed by atoms with Crippen molar-refractivity contribution in [2.24, 2.45) is 11.8 Å². The van der Waals surface area contributed by atoms with E-state index in [9.17, 15) is 14.4 Å². The SMILES string of the molecule is COC(CC(=O)OC(C)(C)C)C(C1CCCC1)N(C)C(=O)C(NOC(=O)c1ccccc1)C(C)C. The average molecular weight is 491 g/mol. The Labute approximate surface area is 209 Å². The second-order valence-electron chi connectivity index (χ2n) is 10.6. The predicted octanol–water partition coefficient (Wildman–Crippen LogP) is 4.14. The van der Waals surface area contributed by atoms with E-state index in [0.717, 1.165) is 25.7 Å². The molecule has 1 aromatic carbocycles. The second kappa shape index (κ2) is 13.0. The molecule has 0 aliphatic heterocycles. The smallest absolute Gasteiger partial charge is 0.356 e. The fraction of sp³-hybridized carbons (Fsp3) is 0.667. The topological polar surface area (TPSA) is 94.2 Å². The standard InChI is InChI=1S/C27H42N2O6/c1-18(2)23(28-35-26(32)20-15-9-8-10-16-20)25(31)29(6)24(19-13-11-12-14-19)21(33-7)17-22(30)34-27(3,4)5/h8-10,15-16,18-19,21,23-24,28H,11-14,17H2,1-7H3. The summed E-state index contributed by atoms with van der Waals surface area (Å²) in [5.74, 6) is -1.08. The molecule has 0 aromatic heterocycles. The number of rotatable bonds is 11. The number of methoxy groups -OCH3 is 1. The number of esters is 1. The van der Waals surface area contributed by atoms with Crippen LogP contribution in [0.4, 0.5) is 0 Å². The normalized spacial score (nSPS) is 17.0. The lowest BCUT2D eigenvalue weighted by Crippen LogP contribution is -2.56. The van der Waals surface area contributed by atoms with Crippen LogP contribution in [0.5, 0.6) is 0 Å². The van der Waals surface area contributed by atoms with Crippen LogP contribution in [0.15, 0.2) is 30.3 Å². The molecule has 8 heteroatoms. The first kappa shape index (κ1) is 28.8. The van der Waals surface area contributed by atoms with Crippen LogP contribution in [0.25, 0.3) is 0 Å². The number of hydroxylamine groups is 1. The molecule has 1 N–H and O–H groups in total. The number of carbonyl (C=O) groups is 3. The van der Waals surface area contributed by atoms with Gasteiger partial charge in [-0.1, -0.05) is 44.9 Å². The number of nitrogens with zero attached hydrogens (tertiary/aromatic N) is 1. The van der Waals surface area contributed by atoms with E-state index in [1.54, 1.807) is 43.3 Å². The van der Waals surface area contributed by atoms with Crippen LogP contribution >= 0.6 is 0 Å². The number of hydrogen-bond acceptors (Lipinski definition) is 7. The average Bonchev–Trinajstić information content (AvgIpc) is 3.31. The Morgan fingerprint density at radius 1 is 1.09 bits per heavy atom. The second-order valence-corrected chi connectivity index (χ2v) is 10.6. The summed E-state index contributed by atoms with van der Waals surface area (Å²) in [7, 11) is 3.30. The molecule has 0 heterocycles. The van der Waals surface area contributed by atoms with Crippen molar-refractivity contribution in [1.82, 2.24) is 10.4 Å². The van der Waals surface area contributed by atoms with Crippen LogP contribution in [0.3, 0.4) is 0 Å². The summed E-state index contributed by atoms with van der Waals surface area (Å²) in [6.45, 7) is 9.25. The molecular formula is C27H42N2O6. The molecule has 2 rings (SSSR count). The van der Waals surface area contributed by atoms with E-state index < -0.39 is 23.7 Å². The highest BCUT2D eigenvalue weighted by Crippen LogP contribution is 2.34. The van der Waals surface area contributed by atoms with E-state index in [2.05, 4.69) is 5.48 Å². The van der Waals surface area contributed by atoms with Gasteiger partial charge in [-0.2, -0.15) is 0 Å². The third kappa shape index (κ3) is 8.61. The summed E-state index contributed by atoms with van der Waals surface area (Å²) in [4.78, 5) is 45.7. The molecule has 1 saturated carbocycles. The summed E-state index contributed by atoms with van der Waals surface area (Å²) < 4.78 is 11.3. The Balaban J connectivity index is 2.18. The molecule has 8 nitrogen and oxygen atoms in total. The molecule has 1 aliphatic rings. The monoisotopic (exact) mass is 490 g/mol. The maximum Gasteiger partial charge on any atom is 0.356 e. The zero-order valence-corrected chi connectivity index (χ0v) is 22.2. The van der Waals surface area contributed by atoms with Crippen molar-refractivity contribution in [2.45, 2.75) is 90.5 Å². The van der Waals surface area contributed by atoms with Crippen molar-refractivity contribution in [3.63, 3.8) is 0 Å². The van der Waals surface area contributed by atoms with Gasteiger partial charge < -0.3 is 19.2 Å². The number of ether oxygens (including phenoxy) is 2. The number of amides is 1. The van der Waals surface area contributed by atoms with Crippen molar-refractivity contribution >= 4 is 17.8 Å². The van der Waals surface area contributed by atoms with Crippen LogP contribution in [-0.2, 0) is 23.9 Å². The largest absolute Gasteiger partial charge is 0.460 e. The van der Waals surface area contributed by atoms with E-state index >= 15 is 0 Å². The maximum atomic E-state index is 13.7. The van der Waals surface area contributed by atoms with Crippen molar-refractivity contribution in [3.05, 3.63) is 35.9 Å². The summed E-state index contributed by atoms with van der Waals surface area (Å²) >= 11 is 0. The zero-order chi connectivity index (χ0) is 26.2. The van der Waals surface area contributed by atoms with Gasteiger partial charge in [0, 0.05) is 14.2 Å². The van der Waals surface area contributed by atoms with Gasteiger partial charge in [0.25, 0.3) is 0 Å². The molecular weight excluding hydrogens is 448 g/mol. The lowest BCUT2D eigenvalue weighted by Gasteiger charge is -2.39. The number of likely N-dealkylation sites (N-methyl/N-ethyl adjacent to an activating group) is 1. The lowest BCUT2D eigenvalue weighted by molar-refractivity contribution is -0.161. The molecule has 1 fully saturated rings. The van der Waals surface area contributed by atoms with Crippen LogP contribution in [0.2, 0.25) is 0 Å². The van der Waals surface area contributed by atoms with Gasteiger partial charge in [-0.25, -0.2) is 4.79 Å². The van der Waals surface area contributed by atoms with Crippen LogP contribution in [-0.4, -0.2) is 60.7 Å². The number of benzene rings is 1. The third-order valence-electron chi connectivity index (χ3n) is 6.37. The number of carbonyl (C=O) groups excluding carboxylic acids is 3. The highest BCUT2D eigenvalue weighted by atomic mass is 16.7. The van der Waals surface area contributed by atoms with Crippen LogP contribution in [0.1, 0.15) is 77.1 Å². The molecule has 3 unspecified atom stereocenters. The first-order chi connectivity index (χ1) is 16.4. The lowest BCUT2D eigenvalue weighted by atomic mass is 9.89. The van der Waals surface area contributed by atoms with Gasteiger partial charge in [0.1, 0.15) is 11.6 Å². The van der Waals surface area contributed by atoms with Gasteiger partial charge in [0.2, 0.25) is 5.91 Å². The molecule has 0 saturated heterocycles. The molecule has 1 aromatic rings. The van der Waals surface area contributed by atoms with E-state index in [1.807, 2.05) is 40.7 Å². The highest BCUT2D eigenvalue weighted by molar-refractivity contribution is 5.89. The Hall–Kier alpha value is -2.45. The van der Waals surface area contributed by atoms with Crippen molar-refractivity contribution in [1.29, 1.82) is 0 Å². The molecule has 35 heavy (non-hydrogen) atoms. The van der Waals surface area contributed by atoms with E-state index in [4.69, 9.17) is 14.3 Å². The Kier molecular flexibility index (Phi) is 10.7. The Morgan fingerprint density at radius 2 is 1.69 bits per heavy atom. The van der Waals surface area contributed by atoms with Crippen molar-refractivity contribution in [2.75, 3.05) is 14.2 Å². The Morgan fingerprint density at radius 3 is 2.20 bits per heavy atom. The van der Waals surface area contributed by atoms with Gasteiger partial charge in [0.15, 0.2) is 0 Å². The molecule has 3 atom stereocenters. The van der Waals surface area contributed by atoms with Gasteiger partial charge in [-0.15, -0.1) is 5.48 Å². The molecule has 0 spiro atoms. The summed E-state index contributed by atoms with van der Waals surface area (Å²) in [6, 6.07) is 7.54. The van der Waals surface area contributed by atoms with Gasteiger partial charge in [0.05, 0.1) is 24.1 Å². The highest BCUT2D eigenvalue weighted by Gasteiger charge is 2.40. The fourth-order valence-electron chi connectivity index (χ4n) is 4.65. The zero-order valence-electron chi connectivity index (χ0n) is 22.2. The molecule has 0 radical (unpaired) electrons.